The maximum absolute atomic E-state index is 10.5. The molecule has 1 N–H and O–H groups in total. The minimum atomic E-state index is -0.842. The first-order valence-electron chi connectivity index (χ1n) is 5.90. The molecular formula is C10H16N4O2S. The van der Waals surface area contributed by atoms with Gasteiger partial charge in [0.05, 0.1) is 11.8 Å². The molecule has 0 saturated heterocycles. The van der Waals surface area contributed by atoms with Crippen molar-refractivity contribution >= 4 is 17.7 Å². The summed E-state index contributed by atoms with van der Waals surface area (Å²) < 4.78 is 1.80. The van der Waals surface area contributed by atoms with Gasteiger partial charge in [-0.3, -0.25) is 4.79 Å². The van der Waals surface area contributed by atoms with Crippen molar-refractivity contribution in [2.24, 2.45) is 0 Å². The Labute approximate surface area is 104 Å². The molecule has 2 rings (SSSR count). The lowest BCUT2D eigenvalue weighted by Crippen LogP contribution is -2.12. The van der Waals surface area contributed by atoms with Gasteiger partial charge in [0.2, 0.25) is 5.16 Å². The number of nitrogens with zero attached hydrogens (tertiary/aromatic N) is 4. The topological polar surface area (TPSA) is 80.9 Å². The normalized spacial score (nSPS) is 17.9. The summed E-state index contributed by atoms with van der Waals surface area (Å²) in [5, 5.41) is 20.8. The molecule has 1 aliphatic carbocycles. The smallest absolute Gasteiger partial charge is 0.313 e. The first kappa shape index (κ1) is 12.3. The number of carbonyl (C=O) groups is 1. The van der Waals surface area contributed by atoms with E-state index in [9.17, 15) is 4.79 Å². The van der Waals surface area contributed by atoms with Crippen molar-refractivity contribution in [2.45, 2.75) is 49.7 Å². The predicted octanol–water partition coefficient (Wildman–Crippen LogP) is 1.75. The molecule has 1 aliphatic rings. The fourth-order valence-electron chi connectivity index (χ4n) is 2.14. The Balaban J connectivity index is 2.03. The summed E-state index contributed by atoms with van der Waals surface area (Å²) in [6, 6.07) is 0.337. The Morgan fingerprint density at radius 2 is 2.06 bits per heavy atom. The number of hydrogen-bond acceptors (Lipinski definition) is 5. The van der Waals surface area contributed by atoms with Gasteiger partial charge in [0, 0.05) is 0 Å². The summed E-state index contributed by atoms with van der Waals surface area (Å²) in [7, 11) is 0. The van der Waals surface area contributed by atoms with Gasteiger partial charge in [0.25, 0.3) is 0 Å². The number of carboxylic acid groups (broad SMARTS) is 1. The van der Waals surface area contributed by atoms with Crippen LogP contribution in [0.1, 0.15) is 44.6 Å². The molecule has 1 fully saturated rings. The molecule has 1 saturated carbocycles. The van der Waals surface area contributed by atoms with Gasteiger partial charge >= 0.3 is 5.97 Å². The van der Waals surface area contributed by atoms with Crippen molar-refractivity contribution < 1.29 is 9.90 Å². The average molecular weight is 256 g/mol. The van der Waals surface area contributed by atoms with Crippen molar-refractivity contribution in [1.82, 2.24) is 20.2 Å². The highest BCUT2D eigenvalue weighted by Crippen LogP contribution is 2.29. The van der Waals surface area contributed by atoms with Crippen LogP contribution >= 0.6 is 11.8 Å². The molecular weight excluding hydrogens is 240 g/mol. The highest BCUT2D eigenvalue weighted by Gasteiger charge is 2.19. The number of aliphatic carboxylic acids is 1. The minimum Gasteiger partial charge on any atom is -0.481 e. The second-order valence-corrected chi connectivity index (χ2v) is 5.18. The summed E-state index contributed by atoms with van der Waals surface area (Å²) >= 11 is 1.19. The SMILES string of the molecule is O=C(O)CSc1nnnn1C1CCCCCC1. The first-order chi connectivity index (χ1) is 8.27. The molecule has 0 bridgehead atoms. The molecule has 0 amide bonds. The van der Waals surface area contributed by atoms with Crippen LogP contribution in [0, 0.1) is 0 Å². The first-order valence-corrected chi connectivity index (χ1v) is 6.88. The Morgan fingerprint density at radius 3 is 2.71 bits per heavy atom. The number of thioether (sulfide) groups is 1. The van der Waals surface area contributed by atoms with Crippen LogP contribution in [0.3, 0.4) is 0 Å². The summed E-state index contributed by atoms with van der Waals surface area (Å²) in [5.74, 6) is -0.835. The van der Waals surface area contributed by atoms with Gasteiger partial charge in [-0.15, -0.1) is 5.10 Å². The molecule has 0 radical (unpaired) electrons. The van der Waals surface area contributed by atoms with Crippen LogP contribution in [0.4, 0.5) is 0 Å². The van der Waals surface area contributed by atoms with E-state index >= 15 is 0 Å². The van der Waals surface area contributed by atoms with Crippen LogP contribution in [-0.4, -0.2) is 37.0 Å². The largest absolute Gasteiger partial charge is 0.481 e. The zero-order valence-electron chi connectivity index (χ0n) is 9.58. The highest BCUT2D eigenvalue weighted by atomic mass is 32.2. The van der Waals surface area contributed by atoms with Crippen molar-refractivity contribution in [3.8, 4) is 0 Å². The quantitative estimate of drug-likeness (QED) is 0.653. The standard InChI is InChI=1S/C10H16N4O2S/c15-9(16)7-17-10-11-12-13-14(10)8-5-3-1-2-4-6-8/h8H,1-7H2,(H,15,16). The van der Waals surface area contributed by atoms with E-state index in [0.29, 0.717) is 11.2 Å². The Bertz CT molecular complexity index is 374. The highest BCUT2D eigenvalue weighted by molar-refractivity contribution is 7.99. The number of tetrazole rings is 1. The third kappa shape index (κ3) is 3.42. The van der Waals surface area contributed by atoms with Crippen molar-refractivity contribution in [3.63, 3.8) is 0 Å². The van der Waals surface area contributed by atoms with Crippen molar-refractivity contribution in [2.75, 3.05) is 5.75 Å². The number of hydrogen-bond donors (Lipinski definition) is 1. The second-order valence-electron chi connectivity index (χ2n) is 4.23. The van der Waals surface area contributed by atoms with Crippen LogP contribution in [-0.2, 0) is 4.79 Å². The molecule has 0 unspecified atom stereocenters. The van der Waals surface area contributed by atoms with E-state index in [1.165, 1.54) is 37.4 Å². The maximum atomic E-state index is 10.5. The van der Waals surface area contributed by atoms with Gasteiger partial charge in [0.15, 0.2) is 0 Å². The van der Waals surface area contributed by atoms with E-state index in [1.807, 2.05) is 0 Å². The molecule has 0 atom stereocenters. The molecule has 7 heteroatoms. The average Bonchev–Trinajstić information content (AvgIpc) is 2.60. The number of carboxylic acids is 1. The summed E-state index contributed by atoms with van der Waals surface area (Å²) in [5.41, 5.74) is 0. The van der Waals surface area contributed by atoms with Crippen LogP contribution in [0.5, 0.6) is 0 Å². The number of rotatable bonds is 4. The van der Waals surface area contributed by atoms with Gasteiger partial charge in [0.1, 0.15) is 0 Å². The van der Waals surface area contributed by atoms with Crippen LogP contribution in [0.15, 0.2) is 5.16 Å². The van der Waals surface area contributed by atoms with Gasteiger partial charge in [-0.05, 0) is 23.3 Å². The van der Waals surface area contributed by atoms with E-state index in [-0.39, 0.29) is 5.75 Å². The molecule has 1 heterocycles. The van der Waals surface area contributed by atoms with Crippen LogP contribution in [0.2, 0.25) is 0 Å². The Hall–Kier alpha value is -1.11. The van der Waals surface area contributed by atoms with E-state index in [2.05, 4.69) is 15.5 Å². The predicted molar refractivity (Wildman–Crippen MR) is 62.9 cm³/mol. The van der Waals surface area contributed by atoms with E-state index < -0.39 is 5.97 Å². The second kappa shape index (κ2) is 6.00. The third-order valence-corrected chi connectivity index (χ3v) is 3.88. The molecule has 1 aromatic heterocycles. The van der Waals surface area contributed by atoms with Gasteiger partial charge < -0.3 is 5.11 Å². The lowest BCUT2D eigenvalue weighted by Gasteiger charge is -2.14. The van der Waals surface area contributed by atoms with Gasteiger partial charge in [-0.1, -0.05) is 37.4 Å². The zero-order chi connectivity index (χ0) is 12.1. The fraction of sp³-hybridized carbons (Fsp3) is 0.800. The molecule has 94 valence electrons. The molecule has 6 nitrogen and oxygen atoms in total. The zero-order valence-corrected chi connectivity index (χ0v) is 10.4. The molecule has 0 aliphatic heterocycles. The number of aromatic nitrogens is 4. The van der Waals surface area contributed by atoms with E-state index in [4.69, 9.17) is 5.11 Å². The Kier molecular flexibility index (Phi) is 4.36. The third-order valence-electron chi connectivity index (χ3n) is 2.96. The molecule has 17 heavy (non-hydrogen) atoms. The fourth-order valence-corrected chi connectivity index (χ4v) is 2.80. The van der Waals surface area contributed by atoms with Crippen molar-refractivity contribution in [3.05, 3.63) is 0 Å². The molecule has 1 aromatic rings. The maximum Gasteiger partial charge on any atom is 0.313 e. The summed E-state index contributed by atoms with van der Waals surface area (Å²) in [4.78, 5) is 10.5. The Morgan fingerprint density at radius 1 is 1.35 bits per heavy atom. The lowest BCUT2D eigenvalue weighted by atomic mass is 10.1. The molecule has 0 spiro atoms. The van der Waals surface area contributed by atoms with Gasteiger partial charge in [-0.25, -0.2) is 4.68 Å². The van der Waals surface area contributed by atoms with Crippen LogP contribution < -0.4 is 0 Å². The monoisotopic (exact) mass is 256 g/mol. The summed E-state index contributed by atoms with van der Waals surface area (Å²) in [6.07, 6.45) is 7.13. The van der Waals surface area contributed by atoms with Crippen molar-refractivity contribution in [1.29, 1.82) is 0 Å². The van der Waals surface area contributed by atoms with E-state index in [1.54, 1.807) is 4.68 Å². The lowest BCUT2D eigenvalue weighted by molar-refractivity contribution is -0.133. The molecule has 0 aromatic carbocycles. The minimum absolute atomic E-state index is 0.00704. The summed E-state index contributed by atoms with van der Waals surface area (Å²) in [6.45, 7) is 0. The van der Waals surface area contributed by atoms with Crippen LogP contribution in [0.25, 0.3) is 0 Å². The van der Waals surface area contributed by atoms with E-state index in [0.717, 1.165) is 12.8 Å². The van der Waals surface area contributed by atoms with Gasteiger partial charge in [-0.2, -0.15) is 0 Å².